The molecule has 0 heterocycles. The van der Waals surface area contributed by atoms with E-state index in [-0.39, 0.29) is 12.5 Å². The molecule has 0 fully saturated rings. The molecule has 3 heteroatoms. The summed E-state index contributed by atoms with van der Waals surface area (Å²) >= 11 is 12.0. The largest absolute Gasteiger partial charge is 0.396 e. The van der Waals surface area contributed by atoms with Crippen molar-refractivity contribution in [3.05, 3.63) is 33.8 Å². The first kappa shape index (κ1) is 13.8. The van der Waals surface area contributed by atoms with Crippen LogP contribution in [0.2, 0.25) is 10.0 Å². The van der Waals surface area contributed by atoms with Gasteiger partial charge >= 0.3 is 0 Å². The van der Waals surface area contributed by atoms with Gasteiger partial charge in [-0.1, -0.05) is 55.5 Å². The molecule has 1 N–H and O–H groups in total. The van der Waals surface area contributed by atoms with Crippen LogP contribution in [0.4, 0.5) is 0 Å². The van der Waals surface area contributed by atoms with Crippen molar-refractivity contribution in [1.82, 2.24) is 0 Å². The Labute approximate surface area is 107 Å². The number of hydrogen-bond acceptors (Lipinski definition) is 1. The van der Waals surface area contributed by atoms with Gasteiger partial charge in [0.25, 0.3) is 0 Å². The first-order chi connectivity index (χ1) is 7.69. The quantitative estimate of drug-likeness (QED) is 0.739. The maximum atomic E-state index is 9.38. The van der Waals surface area contributed by atoms with Crippen LogP contribution in [-0.4, -0.2) is 11.7 Å². The van der Waals surface area contributed by atoms with E-state index < -0.39 is 0 Å². The second kappa shape index (κ2) is 7.16. The smallest absolute Gasteiger partial charge is 0.0500 e. The van der Waals surface area contributed by atoms with E-state index in [2.05, 4.69) is 6.92 Å². The Kier molecular flexibility index (Phi) is 6.18. The van der Waals surface area contributed by atoms with Crippen molar-refractivity contribution in [3.8, 4) is 0 Å². The third-order valence-corrected chi connectivity index (χ3v) is 3.34. The van der Waals surface area contributed by atoms with Gasteiger partial charge in [-0.15, -0.1) is 0 Å². The molecule has 1 nitrogen and oxygen atoms in total. The predicted octanol–water partition coefficient (Wildman–Crippen LogP) is 4.65. The van der Waals surface area contributed by atoms with Crippen LogP contribution in [-0.2, 0) is 0 Å². The summed E-state index contributed by atoms with van der Waals surface area (Å²) in [5, 5.41) is 10.7. The van der Waals surface area contributed by atoms with Crippen LogP contribution in [0.15, 0.2) is 18.2 Å². The first-order valence-electron chi connectivity index (χ1n) is 5.74. The van der Waals surface area contributed by atoms with E-state index in [0.717, 1.165) is 18.4 Å². The summed E-state index contributed by atoms with van der Waals surface area (Å²) in [6.07, 6.45) is 4.49. The molecule has 1 aromatic rings. The Bertz CT molecular complexity index is 326. The van der Waals surface area contributed by atoms with E-state index in [1.165, 1.54) is 12.8 Å². The maximum absolute atomic E-state index is 9.38. The lowest BCUT2D eigenvalue weighted by molar-refractivity contribution is 0.256. The highest BCUT2D eigenvalue weighted by molar-refractivity contribution is 6.35. The summed E-state index contributed by atoms with van der Waals surface area (Å²) in [6.45, 7) is 2.31. The van der Waals surface area contributed by atoms with Crippen LogP contribution in [0, 0.1) is 0 Å². The molecule has 0 saturated heterocycles. The van der Waals surface area contributed by atoms with E-state index in [0.29, 0.717) is 10.0 Å². The molecule has 0 aliphatic heterocycles. The van der Waals surface area contributed by atoms with Crippen LogP contribution in [0.5, 0.6) is 0 Å². The molecule has 0 aliphatic carbocycles. The van der Waals surface area contributed by atoms with Crippen molar-refractivity contribution in [1.29, 1.82) is 0 Å². The number of aliphatic hydroxyl groups excluding tert-OH is 1. The molecule has 16 heavy (non-hydrogen) atoms. The maximum Gasteiger partial charge on any atom is 0.0500 e. The van der Waals surface area contributed by atoms with Gasteiger partial charge in [-0.25, -0.2) is 0 Å². The number of benzene rings is 1. The van der Waals surface area contributed by atoms with Gasteiger partial charge in [0.15, 0.2) is 0 Å². The molecule has 90 valence electrons. The molecule has 0 aromatic heterocycles. The fraction of sp³-hybridized carbons (Fsp3) is 0.538. The van der Waals surface area contributed by atoms with Gasteiger partial charge in [0.1, 0.15) is 0 Å². The van der Waals surface area contributed by atoms with Crippen LogP contribution in [0.3, 0.4) is 0 Å². The normalized spacial score (nSPS) is 12.8. The van der Waals surface area contributed by atoms with Crippen LogP contribution in [0.1, 0.15) is 44.1 Å². The van der Waals surface area contributed by atoms with E-state index in [1.807, 2.05) is 12.1 Å². The third kappa shape index (κ3) is 3.97. The van der Waals surface area contributed by atoms with Crippen LogP contribution in [0.25, 0.3) is 0 Å². The van der Waals surface area contributed by atoms with Gasteiger partial charge in [0.05, 0.1) is 0 Å². The van der Waals surface area contributed by atoms with E-state index in [4.69, 9.17) is 23.2 Å². The number of unbranched alkanes of at least 4 members (excludes halogenated alkanes) is 2. The van der Waals surface area contributed by atoms with Crippen LogP contribution < -0.4 is 0 Å². The highest BCUT2D eigenvalue weighted by Gasteiger charge is 2.13. The molecular formula is C13H18Cl2O. The summed E-state index contributed by atoms with van der Waals surface area (Å²) in [7, 11) is 0. The molecule has 0 amide bonds. The lowest BCUT2D eigenvalue weighted by atomic mass is 9.94. The zero-order valence-corrected chi connectivity index (χ0v) is 11.1. The molecule has 1 aromatic carbocycles. The van der Waals surface area contributed by atoms with Gasteiger partial charge in [-0.05, 0) is 24.1 Å². The summed E-state index contributed by atoms with van der Waals surface area (Å²) < 4.78 is 0. The molecule has 0 aliphatic rings. The molecule has 0 unspecified atom stereocenters. The summed E-state index contributed by atoms with van der Waals surface area (Å²) in [5.41, 5.74) is 1.00. The van der Waals surface area contributed by atoms with Crippen molar-refractivity contribution in [2.75, 3.05) is 6.61 Å². The minimum atomic E-state index is 0.135. The average molecular weight is 261 g/mol. The number of rotatable bonds is 6. The summed E-state index contributed by atoms with van der Waals surface area (Å²) in [6, 6.07) is 5.48. The van der Waals surface area contributed by atoms with Gasteiger partial charge in [-0.2, -0.15) is 0 Å². The van der Waals surface area contributed by atoms with Crippen molar-refractivity contribution in [2.45, 2.75) is 38.5 Å². The van der Waals surface area contributed by atoms with E-state index in [1.54, 1.807) is 6.07 Å². The molecule has 0 radical (unpaired) electrons. The predicted molar refractivity (Wildman–Crippen MR) is 70.4 cm³/mol. The Hall–Kier alpha value is -0.240. The Morgan fingerprint density at radius 3 is 2.56 bits per heavy atom. The minimum absolute atomic E-state index is 0.135. The standard InChI is InChI=1S/C13H18Cl2O/c1-2-3-4-5-10(9-16)12-7-6-11(14)8-13(12)15/h6-8,10,16H,2-5,9H2,1H3/t10-/m1/s1. The zero-order chi connectivity index (χ0) is 12.0. The summed E-state index contributed by atoms with van der Waals surface area (Å²) in [4.78, 5) is 0. The van der Waals surface area contributed by atoms with Gasteiger partial charge in [0.2, 0.25) is 0 Å². The van der Waals surface area contributed by atoms with Crippen molar-refractivity contribution in [2.24, 2.45) is 0 Å². The van der Waals surface area contributed by atoms with Gasteiger partial charge < -0.3 is 5.11 Å². The van der Waals surface area contributed by atoms with Gasteiger partial charge in [0, 0.05) is 22.6 Å². The third-order valence-electron chi connectivity index (χ3n) is 2.78. The van der Waals surface area contributed by atoms with Crippen molar-refractivity contribution in [3.63, 3.8) is 0 Å². The minimum Gasteiger partial charge on any atom is -0.396 e. The van der Waals surface area contributed by atoms with Crippen molar-refractivity contribution >= 4 is 23.2 Å². The van der Waals surface area contributed by atoms with Crippen LogP contribution >= 0.6 is 23.2 Å². The Balaban J connectivity index is 2.70. The summed E-state index contributed by atoms with van der Waals surface area (Å²) in [5.74, 6) is 0.135. The molecular weight excluding hydrogens is 243 g/mol. The highest BCUT2D eigenvalue weighted by atomic mass is 35.5. The molecule has 1 atom stereocenters. The van der Waals surface area contributed by atoms with E-state index >= 15 is 0 Å². The number of aliphatic hydroxyl groups is 1. The SMILES string of the molecule is CCCCC[C@H](CO)c1ccc(Cl)cc1Cl. The second-order valence-corrected chi connectivity index (χ2v) is 4.88. The Morgan fingerprint density at radius 1 is 1.25 bits per heavy atom. The molecule has 0 bridgehead atoms. The fourth-order valence-electron chi connectivity index (χ4n) is 1.82. The fourth-order valence-corrected chi connectivity index (χ4v) is 2.38. The van der Waals surface area contributed by atoms with Crippen molar-refractivity contribution < 1.29 is 5.11 Å². The molecule has 0 spiro atoms. The van der Waals surface area contributed by atoms with E-state index in [9.17, 15) is 5.11 Å². The topological polar surface area (TPSA) is 20.2 Å². The zero-order valence-electron chi connectivity index (χ0n) is 9.55. The Morgan fingerprint density at radius 2 is 2.00 bits per heavy atom. The lowest BCUT2D eigenvalue weighted by Crippen LogP contribution is -2.05. The second-order valence-electron chi connectivity index (χ2n) is 4.04. The molecule has 0 saturated carbocycles. The van der Waals surface area contributed by atoms with Gasteiger partial charge in [-0.3, -0.25) is 0 Å². The average Bonchev–Trinajstić information content (AvgIpc) is 2.26. The first-order valence-corrected chi connectivity index (χ1v) is 6.50. The lowest BCUT2D eigenvalue weighted by Gasteiger charge is -2.16. The monoisotopic (exact) mass is 260 g/mol. The molecule has 1 rings (SSSR count). The highest BCUT2D eigenvalue weighted by Crippen LogP contribution is 2.30. The number of halogens is 2. The number of hydrogen-bond donors (Lipinski definition) is 1.